The van der Waals surface area contributed by atoms with Crippen LogP contribution in [0.15, 0.2) is 54.9 Å². The topological polar surface area (TPSA) is 59.0 Å². The second kappa shape index (κ2) is 6.96. The Bertz CT molecular complexity index is 792. The van der Waals surface area contributed by atoms with Crippen LogP contribution in [0.2, 0.25) is 0 Å². The maximum Gasteiger partial charge on any atom is 0.315 e. The molecule has 2 amide bonds. The van der Waals surface area contributed by atoms with Crippen molar-refractivity contribution in [1.82, 2.24) is 20.2 Å². The number of aromatic nitrogens is 2. The molecule has 5 heteroatoms. The van der Waals surface area contributed by atoms with Crippen LogP contribution in [0, 0.1) is 0 Å². The molecule has 0 radical (unpaired) electrons. The van der Waals surface area contributed by atoms with E-state index in [-0.39, 0.29) is 6.03 Å². The van der Waals surface area contributed by atoms with Gasteiger partial charge in [-0.1, -0.05) is 36.4 Å². The van der Waals surface area contributed by atoms with Crippen LogP contribution in [0.4, 0.5) is 4.79 Å². The smallest absolute Gasteiger partial charge is 0.315 e. The Kier molecular flexibility index (Phi) is 4.57. The SMILES string of the molecule is CCNC(=O)NCc1ccc(Cn2cnc3ccccc32)cc1. The zero-order valence-electron chi connectivity index (χ0n) is 13.1. The standard InChI is InChI=1S/C18H20N4O/c1-2-19-18(23)20-11-14-7-9-15(10-8-14)12-22-13-21-16-5-3-4-6-17(16)22/h3-10,13H,2,11-12H2,1H3,(H2,19,20,23). The van der Waals surface area contributed by atoms with Gasteiger partial charge in [0.15, 0.2) is 0 Å². The fourth-order valence-corrected chi connectivity index (χ4v) is 2.50. The number of carbonyl (C=O) groups is 1. The number of benzene rings is 2. The number of amides is 2. The molecule has 2 aromatic carbocycles. The van der Waals surface area contributed by atoms with Crippen molar-refractivity contribution in [2.24, 2.45) is 0 Å². The highest BCUT2D eigenvalue weighted by atomic mass is 16.2. The molecule has 0 spiro atoms. The summed E-state index contributed by atoms with van der Waals surface area (Å²) in [6.45, 7) is 3.84. The van der Waals surface area contributed by atoms with Crippen LogP contribution in [0.3, 0.4) is 0 Å². The van der Waals surface area contributed by atoms with E-state index in [4.69, 9.17) is 0 Å². The Labute approximate surface area is 135 Å². The number of rotatable bonds is 5. The van der Waals surface area contributed by atoms with E-state index in [1.165, 1.54) is 5.56 Å². The number of hydrogen-bond donors (Lipinski definition) is 2. The van der Waals surface area contributed by atoms with Crippen molar-refractivity contribution in [3.05, 3.63) is 66.0 Å². The summed E-state index contributed by atoms with van der Waals surface area (Å²) < 4.78 is 2.14. The first-order valence-electron chi connectivity index (χ1n) is 7.75. The summed E-state index contributed by atoms with van der Waals surface area (Å²) in [7, 11) is 0. The summed E-state index contributed by atoms with van der Waals surface area (Å²) in [6, 6.07) is 16.2. The summed E-state index contributed by atoms with van der Waals surface area (Å²) in [6.07, 6.45) is 1.87. The number of nitrogens with zero attached hydrogens (tertiary/aromatic N) is 2. The van der Waals surface area contributed by atoms with Gasteiger partial charge in [0.2, 0.25) is 0 Å². The molecule has 0 aliphatic carbocycles. The third-order valence-corrected chi connectivity index (χ3v) is 3.69. The number of carbonyl (C=O) groups excluding carboxylic acids is 1. The van der Waals surface area contributed by atoms with Gasteiger partial charge >= 0.3 is 6.03 Å². The van der Waals surface area contributed by atoms with Gasteiger partial charge in [-0.3, -0.25) is 0 Å². The van der Waals surface area contributed by atoms with E-state index in [9.17, 15) is 4.79 Å². The van der Waals surface area contributed by atoms with E-state index in [1.54, 1.807) is 0 Å². The quantitative estimate of drug-likeness (QED) is 0.761. The summed E-state index contributed by atoms with van der Waals surface area (Å²) >= 11 is 0. The van der Waals surface area contributed by atoms with E-state index in [0.717, 1.165) is 23.1 Å². The summed E-state index contributed by atoms with van der Waals surface area (Å²) in [4.78, 5) is 15.8. The number of hydrogen-bond acceptors (Lipinski definition) is 2. The van der Waals surface area contributed by atoms with Gasteiger partial charge in [-0.15, -0.1) is 0 Å². The molecule has 0 fully saturated rings. The Morgan fingerprint density at radius 3 is 2.57 bits per heavy atom. The molecule has 0 saturated heterocycles. The first-order chi connectivity index (χ1) is 11.3. The summed E-state index contributed by atoms with van der Waals surface area (Å²) in [5, 5.41) is 5.54. The van der Waals surface area contributed by atoms with Crippen molar-refractivity contribution in [2.75, 3.05) is 6.54 Å². The summed E-state index contributed by atoms with van der Waals surface area (Å²) in [5.74, 6) is 0. The molecule has 23 heavy (non-hydrogen) atoms. The Morgan fingerprint density at radius 2 is 1.78 bits per heavy atom. The Balaban J connectivity index is 1.64. The maximum atomic E-state index is 11.4. The van der Waals surface area contributed by atoms with Gasteiger partial charge in [0.05, 0.1) is 17.4 Å². The molecule has 118 valence electrons. The molecule has 0 saturated carbocycles. The van der Waals surface area contributed by atoms with Crippen molar-refractivity contribution >= 4 is 17.1 Å². The van der Waals surface area contributed by atoms with Crippen LogP contribution >= 0.6 is 0 Å². The minimum absolute atomic E-state index is 0.138. The largest absolute Gasteiger partial charge is 0.338 e. The second-order valence-corrected chi connectivity index (χ2v) is 5.39. The van der Waals surface area contributed by atoms with Gasteiger partial charge in [-0.05, 0) is 30.2 Å². The highest BCUT2D eigenvalue weighted by Gasteiger charge is 2.03. The Hall–Kier alpha value is -2.82. The Morgan fingerprint density at radius 1 is 1.04 bits per heavy atom. The highest BCUT2D eigenvalue weighted by molar-refractivity contribution is 5.75. The molecule has 0 atom stereocenters. The molecule has 3 rings (SSSR count). The average Bonchev–Trinajstić information content (AvgIpc) is 2.98. The number of nitrogens with one attached hydrogen (secondary N) is 2. The monoisotopic (exact) mass is 308 g/mol. The minimum atomic E-state index is -0.138. The molecule has 1 heterocycles. The van der Waals surface area contributed by atoms with E-state index in [0.29, 0.717) is 13.1 Å². The predicted molar refractivity (Wildman–Crippen MR) is 91.2 cm³/mol. The molecule has 1 aromatic heterocycles. The van der Waals surface area contributed by atoms with Gasteiger partial charge in [-0.25, -0.2) is 9.78 Å². The van der Waals surface area contributed by atoms with E-state index in [1.807, 2.05) is 43.6 Å². The molecule has 3 aromatic rings. The van der Waals surface area contributed by atoms with Crippen molar-refractivity contribution in [1.29, 1.82) is 0 Å². The molecule has 0 aliphatic heterocycles. The lowest BCUT2D eigenvalue weighted by Crippen LogP contribution is -2.34. The van der Waals surface area contributed by atoms with Crippen LogP contribution < -0.4 is 10.6 Å². The molecule has 0 unspecified atom stereocenters. The highest BCUT2D eigenvalue weighted by Crippen LogP contribution is 2.14. The van der Waals surface area contributed by atoms with E-state index in [2.05, 4.69) is 38.4 Å². The van der Waals surface area contributed by atoms with Gasteiger partial charge < -0.3 is 15.2 Å². The van der Waals surface area contributed by atoms with Crippen molar-refractivity contribution in [3.8, 4) is 0 Å². The number of urea groups is 1. The molecule has 2 N–H and O–H groups in total. The number of imidazole rings is 1. The fraction of sp³-hybridized carbons (Fsp3) is 0.222. The average molecular weight is 308 g/mol. The van der Waals surface area contributed by atoms with Crippen molar-refractivity contribution in [3.63, 3.8) is 0 Å². The summed E-state index contributed by atoms with van der Waals surface area (Å²) in [5.41, 5.74) is 4.43. The van der Waals surface area contributed by atoms with Crippen LogP contribution in [0.1, 0.15) is 18.1 Å². The van der Waals surface area contributed by atoms with Gasteiger partial charge in [-0.2, -0.15) is 0 Å². The lowest BCUT2D eigenvalue weighted by atomic mass is 10.1. The molecule has 5 nitrogen and oxygen atoms in total. The molecule has 0 aliphatic rings. The second-order valence-electron chi connectivity index (χ2n) is 5.39. The first-order valence-corrected chi connectivity index (χ1v) is 7.75. The molecular formula is C18H20N4O. The number of para-hydroxylation sites is 2. The van der Waals surface area contributed by atoms with Crippen LogP contribution in [0.5, 0.6) is 0 Å². The minimum Gasteiger partial charge on any atom is -0.338 e. The van der Waals surface area contributed by atoms with Crippen LogP contribution in [0.25, 0.3) is 11.0 Å². The van der Waals surface area contributed by atoms with Crippen molar-refractivity contribution in [2.45, 2.75) is 20.0 Å². The lowest BCUT2D eigenvalue weighted by Gasteiger charge is -2.08. The van der Waals surface area contributed by atoms with Crippen molar-refractivity contribution < 1.29 is 4.79 Å². The predicted octanol–water partition coefficient (Wildman–Crippen LogP) is 2.90. The third-order valence-electron chi connectivity index (χ3n) is 3.69. The zero-order chi connectivity index (χ0) is 16.1. The van der Waals surface area contributed by atoms with E-state index < -0.39 is 0 Å². The molecular weight excluding hydrogens is 288 g/mol. The lowest BCUT2D eigenvalue weighted by molar-refractivity contribution is 0.241. The third kappa shape index (κ3) is 3.69. The first kappa shape index (κ1) is 15.1. The maximum absolute atomic E-state index is 11.4. The van der Waals surface area contributed by atoms with Gasteiger partial charge in [0.25, 0.3) is 0 Å². The van der Waals surface area contributed by atoms with Gasteiger partial charge in [0, 0.05) is 19.6 Å². The zero-order valence-corrected chi connectivity index (χ0v) is 13.1. The van der Waals surface area contributed by atoms with Gasteiger partial charge in [0.1, 0.15) is 0 Å². The van der Waals surface area contributed by atoms with E-state index >= 15 is 0 Å². The normalized spacial score (nSPS) is 10.7. The van der Waals surface area contributed by atoms with Crippen LogP contribution in [-0.4, -0.2) is 22.1 Å². The molecule has 0 bridgehead atoms. The number of fused-ring (bicyclic) bond motifs is 1. The van der Waals surface area contributed by atoms with Crippen LogP contribution in [-0.2, 0) is 13.1 Å². The fourth-order valence-electron chi connectivity index (χ4n) is 2.50.